The van der Waals surface area contributed by atoms with E-state index in [-0.39, 0.29) is 0 Å². The molecule has 1 aromatic heterocycles. The molecule has 0 unspecified atom stereocenters. The van der Waals surface area contributed by atoms with Crippen molar-refractivity contribution in [3.63, 3.8) is 0 Å². The summed E-state index contributed by atoms with van der Waals surface area (Å²) >= 11 is 0. The SMILES string of the molecule is COc1cccc(NC(=O)COC(=O)c2cc(C3CC3)nn2-c2ccccc2)c1. The molecule has 29 heavy (non-hydrogen) atoms. The molecule has 0 aliphatic heterocycles. The van der Waals surface area contributed by atoms with Crippen molar-refractivity contribution < 1.29 is 19.1 Å². The van der Waals surface area contributed by atoms with E-state index in [4.69, 9.17) is 9.47 Å². The van der Waals surface area contributed by atoms with E-state index in [1.165, 1.54) is 0 Å². The normalized spacial score (nSPS) is 13.0. The summed E-state index contributed by atoms with van der Waals surface area (Å²) in [4.78, 5) is 24.8. The second-order valence-corrected chi connectivity index (χ2v) is 6.83. The smallest absolute Gasteiger partial charge is 0.357 e. The fourth-order valence-corrected chi connectivity index (χ4v) is 2.99. The number of hydrogen-bond acceptors (Lipinski definition) is 5. The van der Waals surface area contributed by atoms with Crippen LogP contribution in [0.5, 0.6) is 5.75 Å². The Bertz CT molecular complexity index is 1030. The molecule has 0 radical (unpaired) electrons. The molecule has 1 fully saturated rings. The van der Waals surface area contributed by atoms with E-state index in [0.717, 1.165) is 24.2 Å². The average Bonchev–Trinajstić information content (AvgIpc) is 3.51. The number of carbonyl (C=O) groups excluding carboxylic acids is 2. The molecule has 0 atom stereocenters. The van der Waals surface area contributed by atoms with Gasteiger partial charge in [-0.15, -0.1) is 0 Å². The number of esters is 1. The highest BCUT2D eigenvalue weighted by Gasteiger charge is 2.29. The number of para-hydroxylation sites is 1. The van der Waals surface area contributed by atoms with Gasteiger partial charge >= 0.3 is 5.97 Å². The van der Waals surface area contributed by atoms with Crippen molar-refractivity contribution >= 4 is 17.6 Å². The largest absolute Gasteiger partial charge is 0.497 e. The van der Waals surface area contributed by atoms with E-state index in [9.17, 15) is 9.59 Å². The van der Waals surface area contributed by atoms with Crippen LogP contribution in [0.15, 0.2) is 60.7 Å². The monoisotopic (exact) mass is 391 g/mol. The van der Waals surface area contributed by atoms with Crippen molar-refractivity contribution in [2.75, 3.05) is 19.0 Å². The van der Waals surface area contributed by atoms with E-state index >= 15 is 0 Å². The molecule has 4 rings (SSSR count). The quantitative estimate of drug-likeness (QED) is 0.623. The van der Waals surface area contributed by atoms with Crippen molar-refractivity contribution in [2.24, 2.45) is 0 Å². The number of hydrogen-bond donors (Lipinski definition) is 1. The molecule has 0 bridgehead atoms. The lowest BCUT2D eigenvalue weighted by Crippen LogP contribution is -2.22. The summed E-state index contributed by atoms with van der Waals surface area (Å²) in [5, 5.41) is 7.26. The third kappa shape index (κ3) is 4.45. The first kappa shape index (κ1) is 18.7. The molecule has 0 spiro atoms. The van der Waals surface area contributed by atoms with Gasteiger partial charge in [-0.1, -0.05) is 24.3 Å². The van der Waals surface area contributed by atoms with Crippen LogP contribution in [0.25, 0.3) is 5.69 Å². The molecule has 1 aliphatic carbocycles. The Kier molecular flexibility index (Phi) is 5.29. The van der Waals surface area contributed by atoms with Gasteiger partial charge in [-0.2, -0.15) is 5.10 Å². The fraction of sp³-hybridized carbons (Fsp3) is 0.227. The van der Waals surface area contributed by atoms with Crippen LogP contribution >= 0.6 is 0 Å². The Labute approximate surface area is 168 Å². The lowest BCUT2D eigenvalue weighted by Gasteiger charge is -2.09. The zero-order valence-corrected chi connectivity index (χ0v) is 16.0. The minimum absolute atomic E-state index is 0.312. The molecule has 7 heteroatoms. The summed E-state index contributed by atoms with van der Waals surface area (Å²) in [6, 6.07) is 18.1. The van der Waals surface area contributed by atoms with Crippen molar-refractivity contribution in [2.45, 2.75) is 18.8 Å². The maximum absolute atomic E-state index is 12.7. The topological polar surface area (TPSA) is 82.4 Å². The number of benzene rings is 2. The Morgan fingerprint density at radius 3 is 2.62 bits per heavy atom. The predicted octanol–water partition coefficient (Wildman–Crippen LogP) is 3.55. The van der Waals surface area contributed by atoms with Crippen molar-refractivity contribution in [3.8, 4) is 11.4 Å². The summed E-state index contributed by atoms with van der Waals surface area (Å²) in [5.41, 5.74) is 2.52. The summed E-state index contributed by atoms with van der Waals surface area (Å²) in [7, 11) is 1.55. The van der Waals surface area contributed by atoms with Crippen LogP contribution in [0.2, 0.25) is 0 Å². The van der Waals surface area contributed by atoms with Gasteiger partial charge in [0.25, 0.3) is 5.91 Å². The molecule has 7 nitrogen and oxygen atoms in total. The van der Waals surface area contributed by atoms with Crippen LogP contribution < -0.4 is 10.1 Å². The molecule has 0 saturated heterocycles. The number of methoxy groups -OCH3 is 1. The standard InChI is InChI=1S/C22H21N3O4/c1-28-18-9-5-6-16(12-18)23-21(26)14-29-22(27)20-13-19(15-10-11-15)24-25(20)17-7-3-2-4-8-17/h2-9,12-13,15H,10-11,14H2,1H3,(H,23,26). The van der Waals surface area contributed by atoms with Crippen LogP contribution in [-0.2, 0) is 9.53 Å². The number of rotatable bonds is 7. The maximum atomic E-state index is 12.7. The second-order valence-electron chi connectivity index (χ2n) is 6.83. The summed E-state index contributed by atoms with van der Waals surface area (Å²) in [6.45, 7) is -0.394. The number of carbonyl (C=O) groups is 2. The van der Waals surface area contributed by atoms with E-state index in [2.05, 4.69) is 10.4 Å². The van der Waals surface area contributed by atoms with Crippen LogP contribution in [-0.4, -0.2) is 35.4 Å². The number of ether oxygens (including phenoxy) is 2. The first-order valence-electron chi connectivity index (χ1n) is 9.40. The highest BCUT2D eigenvalue weighted by Crippen LogP contribution is 2.39. The summed E-state index contributed by atoms with van der Waals surface area (Å²) in [6.07, 6.45) is 2.15. The number of amides is 1. The molecule has 1 N–H and O–H groups in total. The minimum Gasteiger partial charge on any atom is -0.497 e. The molecule has 1 aliphatic rings. The van der Waals surface area contributed by atoms with Crippen LogP contribution in [0, 0.1) is 0 Å². The Morgan fingerprint density at radius 2 is 1.90 bits per heavy atom. The highest BCUT2D eigenvalue weighted by atomic mass is 16.5. The fourth-order valence-electron chi connectivity index (χ4n) is 2.99. The molecule has 2 aromatic carbocycles. The first-order chi connectivity index (χ1) is 14.1. The van der Waals surface area contributed by atoms with Crippen LogP contribution in [0.1, 0.15) is 34.9 Å². The van der Waals surface area contributed by atoms with Gasteiger partial charge in [0.15, 0.2) is 12.3 Å². The van der Waals surface area contributed by atoms with Gasteiger partial charge in [-0.25, -0.2) is 9.48 Å². The lowest BCUT2D eigenvalue weighted by molar-refractivity contribution is -0.119. The van der Waals surface area contributed by atoms with Gasteiger partial charge in [0, 0.05) is 17.7 Å². The molecule has 148 valence electrons. The zero-order chi connectivity index (χ0) is 20.2. The Morgan fingerprint density at radius 1 is 1.10 bits per heavy atom. The average molecular weight is 391 g/mol. The van der Waals surface area contributed by atoms with Gasteiger partial charge in [0.05, 0.1) is 18.5 Å². The van der Waals surface area contributed by atoms with Crippen molar-refractivity contribution in [1.29, 1.82) is 0 Å². The second kappa shape index (κ2) is 8.18. The lowest BCUT2D eigenvalue weighted by atomic mass is 10.2. The summed E-state index contributed by atoms with van der Waals surface area (Å²) in [5.74, 6) is -0.00382. The molecule has 1 heterocycles. The third-order valence-electron chi connectivity index (χ3n) is 4.62. The number of anilines is 1. The Balaban J connectivity index is 1.45. The first-order valence-corrected chi connectivity index (χ1v) is 9.40. The number of aromatic nitrogens is 2. The van der Waals surface area contributed by atoms with Gasteiger partial charge < -0.3 is 14.8 Å². The molecule has 1 amide bonds. The highest BCUT2D eigenvalue weighted by molar-refractivity contribution is 5.95. The summed E-state index contributed by atoms with van der Waals surface area (Å²) < 4.78 is 12.0. The van der Waals surface area contributed by atoms with E-state index < -0.39 is 18.5 Å². The molecular weight excluding hydrogens is 370 g/mol. The molecule has 1 saturated carbocycles. The minimum atomic E-state index is -0.589. The predicted molar refractivity (Wildman–Crippen MR) is 107 cm³/mol. The van der Waals surface area contributed by atoms with Gasteiger partial charge in [0.1, 0.15) is 5.75 Å². The molecule has 3 aromatic rings. The van der Waals surface area contributed by atoms with E-state index in [1.54, 1.807) is 42.1 Å². The van der Waals surface area contributed by atoms with Gasteiger partial charge in [-0.05, 0) is 43.2 Å². The van der Waals surface area contributed by atoms with E-state index in [0.29, 0.717) is 23.0 Å². The maximum Gasteiger partial charge on any atom is 0.357 e. The number of nitrogens with zero attached hydrogens (tertiary/aromatic N) is 2. The van der Waals surface area contributed by atoms with Gasteiger partial charge in [0.2, 0.25) is 0 Å². The van der Waals surface area contributed by atoms with Crippen molar-refractivity contribution in [1.82, 2.24) is 9.78 Å². The molecular formula is C22H21N3O4. The van der Waals surface area contributed by atoms with Crippen LogP contribution in [0.4, 0.5) is 5.69 Å². The van der Waals surface area contributed by atoms with E-state index in [1.807, 2.05) is 30.3 Å². The zero-order valence-electron chi connectivity index (χ0n) is 16.0. The third-order valence-corrected chi connectivity index (χ3v) is 4.62. The van der Waals surface area contributed by atoms with Crippen molar-refractivity contribution in [3.05, 3.63) is 72.1 Å². The Hall–Kier alpha value is -3.61. The van der Waals surface area contributed by atoms with Gasteiger partial charge in [-0.3, -0.25) is 4.79 Å². The number of nitrogens with one attached hydrogen (secondary N) is 1. The van der Waals surface area contributed by atoms with Crippen LogP contribution in [0.3, 0.4) is 0 Å².